The smallest absolute Gasteiger partial charge is 0.159 e. The molecule has 0 heterocycles. The van der Waals surface area contributed by atoms with Crippen molar-refractivity contribution in [2.45, 2.75) is 12.7 Å². The van der Waals surface area contributed by atoms with Crippen LogP contribution in [0.1, 0.15) is 22.8 Å². The summed E-state index contributed by atoms with van der Waals surface area (Å²) in [4.78, 5) is 15.8. The zero-order valence-corrected chi connectivity index (χ0v) is 13.4. The zero-order chi connectivity index (χ0) is 15.9. The molecule has 0 aliphatic rings. The standard InChI is InChI=1S/C17H18N2O2S/c1-12(20)13-8-9-16(21-2)14(10-13)11-22-17(18)19-15-6-4-3-5-7-15/h3-10H,11H2,1-2H3,(H2,18,19). The molecule has 2 N–H and O–H groups in total. The molecule has 0 fully saturated rings. The SMILES string of the molecule is COc1ccc(C(C)=O)cc1CSC(N)=Nc1ccccc1. The van der Waals surface area contributed by atoms with E-state index >= 15 is 0 Å². The lowest BCUT2D eigenvalue weighted by atomic mass is 10.1. The van der Waals surface area contributed by atoms with Crippen LogP contribution in [-0.4, -0.2) is 18.1 Å². The summed E-state index contributed by atoms with van der Waals surface area (Å²) in [6.45, 7) is 1.55. The number of para-hydroxylation sites is 1. The van der Waals surface area contributed by atoms with Crippen LogP contribution < -0.4 is 10.5 Å². The fraction of sp³-hybridized carbons (Fsp3) is 0.176. The van der Waals surface area contributed by atoms with Gasteiger partial charge in [0.2, 0.25) is 0 Å². The minimum Gasteiger partial charge on any atom is -0.496 e. The second-order valence-corrected chi connectivity index (χ2v) is 5.65. The first-order valence-corrected chi connectivity index (χ1v) is 7.78. The van der Waals surface area contributed by atoms with Crippen molar-refractivity contribution >= 4 is 28.4 Å². The van der Waals surface area contributed by atoms with E-state index in [1.807, 2.05) is 36.4 Å². The van der Waals surface area contributed by atoms with E-state index in [-0.39, 0.29) is 5.78 Å². The third-order valence-electron chi connectivity index (χ3n) is 3.06. The Bertz CT molecular complexity index is 684. The summed E-state index contributed by atoms with van der Waals surface area (Å²) in [5.41, 5.74) is 8.35. The second kappa shape index (κ2) is 7.66. The number of carbonyl (C=O) groups is 1. The van der Waals surface area contributed by atoms with Crippen LogP contribution in [-0.2, 0) is 5.75 Å². The van der Waals surface area contributed by atoms with Crippen LogP contribution in [0, 0.1) is 0 Å². The molecule has 114 valence electrons. The molecule has 0 atom stereocenters. The molecular formula is C17H18N2O2S. The molecule has 5 heteroatoms. The van der Waals surface area contributed by atoms with Gasteiger partial charge >= 0.3 is 0 Å². The number of Topliss-reactive ketones (excluding diaryl/α,β-unsaturated/α-hetero) is 1. The maximum absolute atomic E-state index is 11.5. The van der Waals surface area contributed by atoms with Crippen molar-refractivity contribution in [2.75, 3.05) is 7.11 Å². The Kier molecular flexibility index (Phi) is 5.61. The summed E-state index contributed by atoms with van der Waals surface area (Å²) in [6.07, 6.45) is 0. The lowest BCUT2D eigenvalue weighted by molar-refractivity contribution is 0.101. The quantitative estimate of drug-likeness (QED) is 0.518. The van der Waals surface area contributed by atoms with E-state index in [1.54, 1.807) is 26.2 Å². The molecule has 0 unspecified atom stereocenters. The molecule has 2 aromatic rings. The Morgan fingerprint density at radius 2 is 1.95 bits per heavy atom. The lowest BCUT2D eigenvalue weighted by Crippen LogP contribution is -2.06. The van der Waals surface area contributed by atoms with E-state index in [4.69, 9.17) is 10.5 Å². The van der Waals surface area contributed by atoms with Gasteiger partial charge < -0.3 is 10.5 Å². The number of methoxy groups -OCH3 is 1. The second-order valence-electron chi connectivity index (χ2n) is 4.66. The number of aliphatic imine (C=N–C) groups is 1. The maximum Gasteiger partial charge on any atom is 0.159 e. The molecule has 0 saturated carbocycles. The van der Waals surface area contributed by atoms with Crippen LogP contribution in [0.3, 0.4) is 0 Å². The molecule has 22 heavy (non-hydrogen) atoms. The number of benzene rings is 2. The van der Waals surface area contributed by atoms with Crippen molar-refractivity contribution in [1.29, 1.82) is 0 Å². The van der Waals surface area contributed by atoms with Crippen molar-refractivity contribution in [2.24, 2.45) is 10.7 Å². The largest absolute Gasteiger partial charge is 0.496 e. The van der Waals surface area contributed by atoms with Crippen LogP contribution in [0.2, 0.25) is 0 Å². The number of hydrogen-bond acceptors (Lipinski definition) is 4. The fourth-order valence-corrected chi connectivity index (χ4v) is 2.62. The highest BCUT2D eigenvalue weighted by Gasteiger charge is 2.08. The summed E-state index contributed by atoms with van der Waals surface area (Å²) in [5.74, 6) is 1.36. The first kappa shape index (κ1) is 16.1. The Hall–Kier alpha value is -2.27. The Morgan fingerprint density at radius 1 is 1.23 bits per heavy atom. The van der Waals surface area contributed by atoms with E-state index in [9.17, 15) is 4.79 Å². The zero-order valence-electron chi connectivity index (χ0n) is 12.6. The normalized spacial score (nSPS) is 11.3. The van der Waals surface area contributed by atoms with Crippen LogP contribution in [0.15, 0.2) is 53.5 Å². The van der Waals surface area contributed by atoms with Gasteiger partial charge in [0.15, 0.2) is 11.0 Å². The number of ketones is 1. The van der Waals surface area contributed by atoms with Gasteiger partial charge in [-0.25, -0.2) is 4.99 Å². The summed E-state index contributed by atoms with van der Waals surface area (Å²) in [6, 6.07) is 14.9. The van der Waals surface area contributed by atoms with Gasteiger partial charge in [-0.3, -0.25) is 4.79 Å². The number of rotatable bonds is 5. The monoisotopic (exact) mass is 314 g/mol. The molecule has 0 radical (unpaired) electrons. The summed E-state index contributed by atoms with van der Waals surface area (Å²) >= 11 is 1.41. The molecule has 2 rings (SSSR count). The highest BCUT2D eigenvalue weighted by Crippen LogP contribution is 2.25. The molecule has 4 nitrogen and oxygen atoms in total. The summed E-state index contributed by atoms with van der Waals surface area (Å²) in [7, 11) is 1.61. The van der Waals surface area contributed by atoms with Gasteiger partial charge in [-0.15, -0.1) is 0 Å². The summed E-state index contributed by atoms with van der Waals surface area (Å²) < 4.78 is 5.33. The number of carbonyl (C=O) groups excluding carboxylic acids is 1. The molecule has 0 aliphatic carbocycles. The summed E-state index contributed by atoms with van der Waals surface area (Å²) in [5, 5.41) is 0.474. The molecule has 0 saturated heterocycles. The molecule has 0 aliphatic heterocycles. The van der Waals surface area contributed by atoms with Crippen LogP contribution in [0.4, 0.5) is 5.69 Å². The average molecular weight is 314 g/mol. The molecule has 0 bridgehead atoms. The number of nitrogens with two attached hydrogens (primary N) is 1. The van der Waals surface area contributed by atoms with E-state index in [0.717, 1.165) is 17.0 Å². The van der Waals surface area contributed by atoms with E-state index < -0.39 is 0 Å². The average Bonchev–Trinajstić information content (AvgIpc) is 2.53. The van der Waals surface area contributed by atoms with Crippen LogP contribution in [0.25, 0.3) is 0 Å². The molecule has 0 aromatic heterocycles. The van der Waals surface area contributed by atoms with Crippen molar-refractivity contribution in [3.8, 4) is 5.75 Å². The molecule has 0 amide bonds. The number of ether oxygens (including phenoxy) is 1. The topological polar surface area (TPSA) is 64.7 Å². The number of nitrogens with zero attached hydrogens (tertiary/aromatic N) is 1. The molecule has 2 aromatic carbocycles. The third kappa shape index (κ3) is 4.36. The van der Waals surface area contributed by atoms with Crippen molar-refractivity contribution < 1.29 is 9.53 Å². The van der Waals surface area contributed by atoms with E-state index in [1.165, 1.54) is 11.8 Å². The number of hydrogen-bond donors (Lipinski definition) is 1. The van der Waals surface area contributed by atoms with Crippen molar-refractivity contribution in [3.63, 3.8) is 0 Å². The van der Waals surface area contributed by atoms with Crippen molar-refractivity contribution in [3.05, 3.63) is 59.7 Å². The number of amidine groups is 1. The Balaban J connectivity index is 2.12. The van der Waals surface area contributed by atoms with Gasteiger partial charge in [0.25, 0.3) is 0 Å². The van der Waals surface area contributed by atoms with Crippen LogP contribution >= 0.6 is 11.8 Å². The predicted octanol–water partition coefficient (Wildman–Crippen LogP) is 3.78. The lowest BCUT2D eigenvalue weighted by Gasteiger charge is -2.09. The Morgan fingerprint density at radius 3 is 2.59 bits per heavy atom. The first-order valence-electron chi connectivity index (χ1n) is 6.80. The minimum absolute atomic E-state index is 0.0276. The first-order chi connectivity index (χ1) is 10.6. The fourth-order valence-electron chi connectivity index (χ4n) is 1.92. The van der Waals surface area contributed by atoms with Gasteiger partial charge in [0.05, 0.1) is 12.8 Å². The predicted molar refractivity (Wildman–Crippen MR) is 92.0 cm³/mol. The third-order valence-corrected chi connectivity index (χ3v) is 3.90. The van der Waals surface area contributed by atoms with Gasteiger partial charge in [-0.1, -0.05) is 30.0 Å². The molecule has 0 spiro atoms. The van der Waals surface area contributed by atoms with E-state index in [2.05, 4.69) is 4.99 Å². The number of thioether (sulfide) groups is 1. The van der Waals surface area contributed by atoms with Gasteiger partial charge in [-0.2, -0.15) is 0 Å². The Labute approximate surface area is 134 Å². The highest BCUT2D eigenvalue weighted by molar-refractivity contribution is 8.13. The van der Waals surface area contributed by atoms with Gasteiger partial charge in [0.1, 0.15) is 5.75 Å². The van der Waals surface area contributed by atoms with Gasteiger partial charge in [0, 0.05) is 16.9 Å². The molecular weight excluding hydrogens is 296 g/mol. The maximum atomic E-state index is 11.5. The highest BCUT2D eigenvalue weighted by atomic mass is 32.2. The van der Waals surface area contributed by atoms with Crippen LogP contribution in [0.5, 0.6) is 5.75 Å². The van der Waals surface area contributed by atoms with E-state index in [0.29, 0.717) is 16.5 Å². The van der Waals surface area contributed by atoms with Crippen molar-refractivity contribution in [1.82, 2.24) is 0 Å². The minimum atomic E-state index is 0.0276. The van der Waals surface area contributed by atoms with Gasteiger partial charge in [-0.05, 0) is 37.3 Å².